The van der Waals surface area contributed by atoms with Gasteiger partial charge in [0.15, 0.2) is 5.76 Å². The zero-order valence-corrected chi connectivity index (χ0v) is 8.06. The molecule has 1 aromatic heterocycles. The molecule has 0 saturated carbocycles. The summed E-state index contributed by atoms with van der Waals surface area (Å²) in [5.74, 6) is 0.458. The maximum atomic E-state index is 12.0. The summed E-state index contributed by atoms with van der Waals surface area (Å²) in [6, 6.07) is 6.13. The summed E-state index contributed by atoms with van der Waals surface area (Å²) >= 11 is 0. The monoisotopic (exact) mass is 226 g/mol. The minimum atomic E-state index is -2.85. The highest BCUT2D eigenvalue weighted by Crippen LogP contribution is 2.25. The van der Waals surface area contributed by atoms with Crippen molar-refractivity contribution in [2.24, 2.45) is 0 Å². The van der Waals surface area contributed by atoms with Gasteiger partial charge in [-0.15, -0.1) is 0 Å². The van der Waals surface area contributed by atoms with Crippen LogP contribution in [0.5, 0.6) is 5.75 Å². The molecule has 0 aliphatic carbocycles. The highest BCUT2D eigenvalue weighted by Gasteiger charge is 2.08. The van der Waals surface area contributed by atoms with Gasteiger partial charge < -0.3 is 14.9 Å². The lowest BCUT2D eigenvalue weighted by molar-refractivity contribution is -0.0498. The van der Waals surface area contributed by atoms with Crippen LogP contribution in [-0.2, 0) is 0 Å². The number of nitrogens with two attached hydrogens (primary N) is 1. The molecule has 0 atom stereocenters. The molecule has 0 fully saturated rings. The maximum Gasteiger partial charge on any atom is 0.387 e. The first-order valence-corrected chi connectivity index (χ1v) is 4.42. The molecular weight excluding hydrogens is 218 g/mol. The van der Waals surface area contributed by atoms with Crippen LogP contribution in [0.4, 0.5) is 14.8 Å². The van der Waals surface area contributed by atoms with Crippen LogP contribution in [0.25, 0.3) is 11.3 Å². The van der Waals surface area contributed by atoms with E-state index in [-0.39, 0.29) is 11.8 Å². The van der Waals surface area contributed by atoms with Gasteiger partial charge in [0, 0.05) is 5.56 Å². The molecule has 2 N–H and O–H groups in total. The van der Waals surface area contributed by atoms with Gasteiger partial charge in [-0.05, 0) is 12.1 Å². The summed E-state index contributed by atoms with van der Waals surface area (Å²) in [6.07, 6.45) is 1.41. The van der Waals surface area contributed by atoms with E-state index in [9.17, 15) is 8.78 Å². The van der Waals surface area contributed by atoms with Crippen molar-refractivity contribution in [2.75, 3.05) is 5.73 Å². The average Bonchev–Trinajstić information content (AvgIpc) is 2.64. The third-order valence-electron chi connectivity index (χ3n) is 1.87. The molecule has 16 heavy (non-hydrogen) atoms. The van der Waals surface area contributed by atoms with Gasteiger partial charge in [0.25, 0.3) is 6.01 Å². The number of aromatic nitrogens is 1. The topological polar surface area (TPSA) is 61.3 Å². The number of anilines is 1. The number of hydrogen-bond donors (Lipinski definition) is 1. The van der Waals surface area contributed by atoms with Crippen LogP contribution in [0, 0.1) is 0 Å². The maximum absolute atomic E-state index is 12.0. The average molecular weight is 226 g/mol. The first-order chi connectivity index (χ1) is 7.65. The van der Waals surface area contributed by atoms with E-state index in [0.717, 1.165) is 0 Å². The van der Waals surface area contributed by atoms with Crippen LogP contribution in [0.15, 0.2) is 34.9 Å². The van der Waals surface area contributed by atoms with E-state index in [2.05, 4.69) is 9.72 Å². The largest absolute Gasteiger partial charge is 0.435 e. The number of nitrogen functional groups attached to an aromatic ring is 1. The zero-order valence-electron chi connectivity index (χ0n) is 8.06. The molecular formula is C10H8F2N2O2. The number of ether oxygens (including phenoxy) is 1. The molecule has 1 heterocycles. The van der Waals surface area contributed by atoms with Crippen LogP contribution in [0.1, 0.15) is 0 Å². The summed E-state index contributed by atoms with van der Waals surface area (Å²) in [5.41, 5.74) is 5.88. The Morgan fingerprint density at radius 3 is 2.81 bits per heavy atom. The van der Waals surface area contributed by atoms with Crippen molar-refractivity contribution in [3.8, 4) is 17.1 Å². The molecule has 0 saturated heterocycles. The molecule has 0 aliphatic rings. The number of benzene rings is 1. The van der Waals surface area contributed by atoms with Gasteiger partial charge in [0.05, 0.1) is 6.20 Å². The van der Waals surface area contributed by atoms with Gasteiger partial charge in [0.1, 0.15) is 5.75 Å². The molecule has 2 rings (SSSR count). The van der Waals surface area contributed by atoms with Crippen molar-refractivity contribution < 1.29 is 17.9 Å². The molecule has 0 spiro atoms. The Morgan fingerprint density at radius 1 is 1.38 bits per heavy atom. The third-order valence-corrected chi connectivity index (χ3v) is 1.87. The molecule has 0 bridgehead atoms. The van der Waals surface area contributed by atoms with Crippen molar-refractivity contribution in [3.05, 3.63) is 30.5 Å². The van der Waals surface area contributed by atoms with Gasteiger partial charge in [0.2, 0.25) is 0 Å². The second kappa shape index (κ2) is 4.18. The number of hydrogen-bond acceptors (Lipinski definition) is 4. The molecule has 0 unspecified atom stereocenters. The molecule has 4 nitrogen and oxygen atoms in total. The first-order valence-electron chi connectivity index (χ1n) is 4.42. The van der Waals surface area contributed by atoms with E-state index >= 15 is 0 Å². The number of nitrogens with zero attached hydrogens (tertiary/aromatic N) is 1. The molecule has 6 heteroatoms. The van der Waals surface area contributed by atoms with Crippen molar-refractivity contribution in [2.45, 2.75) is 6.61 Å². The number of halogens is 2. The molecule has 2 aromatic rings. The van der Waals surface area contributed by atoms with E-state index in [1.165, 1.54) is 18.3 Å². The first kappa shape index (κ1) is 10.4. The summed E-state index contributed by atoms with van der Waals surface area (Å²) in [4.78, 5) is 3.71. The molecule has 84 valence electrons. The number of oxazole rings is 1. The zero-order chi connectivity index (χ0) is 11.5. The van der Waals surface area contributed by atoms with Gasteiger partial charge in [-0.2, -0.15) is 8.78 Å². The smallest absolute Gasteiger partial charge is 0.387 e. The third kappa shape index (κ3) is 2.28. The SMILES string of the molecule is Nc1ncc(-c2cccc(OC(F)F)c2)o1. The molecule has 1 aromatic carbocycles. The van der Waals surface area contributed by atoms with E-state index in [1.807, 2.05) is 0 Å². The predicted octanol–water partition coefficient (Wildman–Crippen LogP) is 2.53. The van der Waals surface area contributed by atoms with Crippen LogP contribution in [0.2, 0.25) is 0 Å². The molecule has 0 aliphatic heterocycles. The summed E-state index contributed by atoms with van der Waals surface area (Å²) in [6.45, 7) is -2.85. The highest BCUT2D eigenvalue weighted by atomic mass is 19.3. The van der Waals surface area contributed by atoms with E-state index in [4.69, 9.17) is 10.2 Å². The Bertz CT molecular complexity index is 485. The molecule has 0 radical (unpaired) electrons. The van der Waals surface area contributed by atoms with Crippen molar-refractivity contribution >= 4 is 6.01 Å². The standard InChI is InChI=1S/C10H8F2N2O2/c11-9(12)15-7-3-1-2-6(4-7)8-5-14-10(13)16-8/h1-5,9H,(H2,13,14). The van der Waals surface area contributed by atoms with Crippen molar-refractivity contribution in [1.82, 2.24) is 4.98 Å². The Hall–Kier alpha value is -2.11. The minimum absolute atomic E-state index is 0.0233. The van der Waals surface area contributed by atoms with Gasteiger partial charge in [-0.25, -0.2) is 4.98 Å². The quantitative estimate of drug-likeness (QED) is 0.873. The Balaban J connectivity index is 2.28. The fourth-order valence-corrected chi connectivity index (χ4v) is 1.25. The van der Waals surface area contributed by atoms with Crippen molar-refractivity contribution in [3.63, 3.8) is 0 Å². The van der Waals surface area contributed by atoms with Gasteiger partial charge in [-0.3, -0.25) is 0 Å². The van der Waals surface area contributed by atoms with Crippen LogP contribution < -0.4 is 10.5 Å². The van der Waals surface area contributed by atoms with Gasteiger partial charge >= 0.3 is 6.61 Å². The van der Waals surface area contributed by atoms with E-state index in [1.54, 1.807) is 12.1 Å². The van der Waals surface area contributed by atoms with Gasteiger partial charge in [-0.1, -0.05) is 12.1 Å². The fraction of sp³-hybridized carbons (Fsp3) is 0.100. The van der Waals surface area contributed by atoms with Crippen LogP contribution in [0.3, 0.4) is 0 Å². The summed E-state index contributed by atoms with van der Waals surface area (Å²) in [5, 5.41) is 0. The second-order valence-corrected chi connectivity index (χ2v) is 2.97. The lowest BCUT2D eigenvalue weighted by Crippen LogP contribution is -2.01. The lowest BCUT2D eigenvalue weighted by atomic mass is 10.2. The second-order valence-electron chi connectivity index (χ2n) is 2.97. The normalized spacial score (nSPS) is 10.7. The lowest BCUT2D eigenvalue weighted by Gasteiger charge is -2.04. The Morgan fingerprint density at radius 2 is 2.19 bits per heavy atom. The van der Waals surface area contributed by atoms with E-state index in [0.29, 0.717) is 11.3 Å². The fourth-order valence-electron chi connectivity index (χ4n) is 1.25. The molecule has 0 amide bonds. The Labute approximate surface area is 89.7 Å². The predicted molar refractivity (Wildman–Crippen MR) is 53.0 cm³/mol. The van der Waals surface area contributed by atoms with Crippen LogP contribution in [-0.4, -0.2) is 11.6 Å². The van der Waals surface area contributed by atoms with E-state index < -0.39 is 6.61 Å². The van der Waals surface area contributed by atoms with Crippen molar-refractivity contribution in [1.29, 1.82) is 0 Å². The summed E-state index contributed by atoms with van der Waals surface area (Å²) in [7, 11) is 0. The summed E-state index contributed by atoms with van der Waals surface area (Å²) < 4.78 is 33.3. The Kier molecular flexibility index (Phi) is 2.72. The highest BCUT2D eigenvalue weighted by molar-refractivity contribution is 5.59. The number of alkyl halides is 2. The number of rotatable bonds is 3. The van der Waals surface area contributed by atoms with Crippen LogP contribution >= 0.6 is 0 Å². The minimum Gasteiger partial charge on any atom is -0.435 e.